The van der Waals surface area contributed by atoms with Crippen molar-refractivity contribution in [3.63, 3.8) is 0 Å². The zero-order valence-electron chi connectivity index (χ0n) is 11.0. The van der Waals surface area contributed by atoms with E-state index >= 15 is 0 Å². The Bertz CT molecular complexity index is 485. The van der Waals surface area contributed by atoms with Gasteiger partial charge in [0.15, 0.2) is 11.4 Å². The summed E-state index contributed by atoms with van der Waals surface area (Å²) in [6, 6.07) is 0.867. The average molecular weight is 277 g/mol. The lowest BCUT2D eigenvalue weighted by Gasteiger charge is -2.34. The molecule has 1 aliphatic heterocycles. The molecule has 2 heterocycles. The molecule has 0 N–H and O–H groups in total. The van der Waals surface area contributed by atoms with Gasteiger partial charge in [-0.3, -0.25) is 9.69 Å². The number of carbonyl (C=O) groups excluding carboxylic acids is 1. The van der Waals surface area contributed by atoms with Gasteiger partial charge in [-0.15, -0.1) is 0 Å². The number of rotatable bonds is 4. The van der Waals surface area contributed by atoms with Crippen molar-refractivity contribution >= 4 is 22.8 Å². The Kier molecular flexibility index (Phi) is 2.84. The van der Waals surface area contributed by atoms with Crippen molar-refractivity contribution in [2.24, 2.45) is 0 Å². The fourth-order valence-corrected chi connectivity index (χ4v) is 3.94. The second-order valence-corrected chi connectivity index (χ2v) is 6.90. The molecule has 1 aromatic heterocycles. The van der Waals surface area contributed by atoms with Crippen LogP contribution in [0.2, 0.25) is 0 Å². The van der Waals surface area contributed by atoms with Crippen LogP contribution in [-0.4, -0.2) is 48.4 Å². The molecule has 2 aliphatic carbocycles. The highest BCUT2D eigenvalue weighted by Gasteiger charge is 2.33. The number of carbonyl (C=O) groups is 1. The number of aromatic nitrogens is 1. The first-order chi connectivity index (χ1) is 9.35. The van der Waals surface area contributed by atoms with E-state index < -0.39 is 0 Å². The molecule has 5 heteroatoms. The summed E-state index contributed by atoms with van der Waals surface area (Å²) in [5.74, 6) is 0.568. The summed E-state index contributed by atoms with van der Waals surface area (Å²) in [5.41, 5.74) is 1.07. The van der Waals surface area contributed by atoms with E-state index in [-0.39, 0.29) is 0 Å². The Labute approximate surface area is 117 Å². The first-order valence-electron chi connectivity index (χ1n) is 7.30. The lowest BCUT2D eigenvalue weighted by Crippen LogP contribution is -2.47. The fraction of sp³-hybridized carbons (Fsp3) is 0.714. The average Bonchev–Trinajstić information content (AvgIpc) is 3.36. The van der Waals surface area contributed by atoms with Crippen LogP contribution in [0.25, 0.3) is 0 Å². The van der Waals surface area contributed by atoms with Crippen LogP contribution in [0.15, 0.2) is 0 Å². The quantitative estimate of drug-likeness (QED) is 0.790. The molecule has 3 aliphatic rings. The van der Waals surface area contributed by atoms with Crippen molar-refractivity contribution in [3.05, 3.63) is 10.6 Å². The molecule has 1 aromatic rings. The highest BCUT2D eigenvalue weighted by atomic mass is 32.1. The predicted octanol–water partition coefficient (Wildman–Crippen LogP) is 2.12. The molecule has 4 rings (SSSR count). The van der Waals surface area contributed by atoms with Crippen molar-refractivity contribution in [2.75, 3.05) is 31.1 Å². The molecule has 19 heavy (non-hydrogen) atoms. The van der Waals surface area contributed by atoms with Crippen LogP contribution in [0.1, 0.15) is 47.0 Å². The fourth-order valence-electron chi connectivity index (χ4n) is 2.92. The zero-order valence-corrected chi connectivity index (χ0v) is 11.9. The molecule has 0 bridgehead atoms. The first-order valence-corrected chi connectivity index (χ1v) is 8.11. The maximum atomic E-state index is 11.1. The van der Waals surface area contributed by atoms with E-state index in [2.05, 4.69) is 9.80 Å². The van der Waals surface area contributed by atoms with Crippen LogP contribution in [-0.2, 0) is 0 Å². The van der Waals surface area contributed by atoms with Crippen LogP contribution >= 0.6 is 11.3 Å². The van der Waals surface area contributed by atoms with Gasteiger partial charge in [-0.25, -0.2) is 4.98 Å². The number of aldehydes is 1. The highest BCUT2D eigenvalue weighted by molar-refractivity contribution is 7.17. The molecule has 0 atom stereocenters. The molecule has 0 amide bonds. The van der Waals surface area contributed by atoms with Gasteiger partial charge in [0.2, 0.25) is 0 Å². The summed E-state index contributed by atoms with van der Waals surface area (Å²) in [6.07, 6.45) is 6.19. The van der Waals surface area contributed by atoms with Crippen LogP contribution < -0.4 is 4.90 Å². The van der Waals surface area contributed by atoms with Gasteiger partial charge in [-0.1, -0.05) is 11.3 Å². The number of hydrogen-bond acceptors (Lipinski definition) is 5. The van der Waals surface area contributed by atoms with Crippen molar-refractivity contribution in [1.82, 2.24) is 9.88 Å². The standard InChI is InChI=1S/C14H19N3OS/c18-9-12-13(10-1-2-10)15-14(19-12)17-7-5-16(6-8-17)11-3-4-11/h9-11H,1-8H2. The minimum atomic E-state index is 0.568. The summed E-state index contributed by atoms with van der Waals surface area (Å²) >= 11 is 1.59. The summed E-state index contributed by atoms with van der Waals surface area (Å²) in [7, 11) is 0. The van der Waals surface area contributed by atoms with Gasteiger partial charge in [0, 0.05) is 38.1 Å². The molecule has 2 saturated carbocycles. The zero-order chi connectivity index (χ0) is 12.8. The first kappa shape index (κ1) is 11.9. The number of piperazine rings is 1. The third-order valence-corrected chi connectivity index (χ3v) is 5.45. The summed E-state index contributed by atoms with van der Waals surface area (Å²) in [6.45, 7) is 4.43. The highest BCUT2D eigenvalue weighted by Crippen LogP contribution is 2.43. The maximum Gasteiger partial charge on any atom is 0.186 e. The second-order valence-electron chi connectivity index (χ2n) is 5.89. The van der Waals surface area contributed by atoms with E-state index in [9.17, 15) is 4.79 Å². The smallest absolute Gasteiger partial charge is 0.186 e. The monoisotopic (exact) mass is 277 g/mol. The molecule has 0 unspecified atom stereocenters. The van der Waals surface area contributed by atoms with Crippen LogP contribution in [0.4, 0.5) is 5.13 Å². The summed E-state index contributed by atoms with van der Waals surface area (Å²) < 4.78 is 0. The van der Waals surface area contributed by atoms with Crippen molar-refractivity contribution < 1.29 is 4.79 Å². The van der Waals surface area contributed by atoms with E-state index in [0.29, 0.717) is 5.92 Å². The molecule has 0 spiro atoms. The minimum absolute atomic E-state index is 0.568. The number of thiazole rings is 1. The van der Waals surface area contributed by atoms with Gasteiger partial charge in [0.25, 0.3) is 0 Å². The minimum Gasteiger partial charge on any atom is -0.346 e. The Morgan fingerprint density at radius 1 is 1.11 bits per heavy atom. The van der Waals surface area contributed by atoms with Crippen LogP contribution in [0, 0.1) is 0 Å². The Hall–Kier alpha value is -0.940. The SMILES string of the molecule is O=Cc1sc(N2CCN(C3CC3)CC2)nc1C1CC1. The van der Waals surface area contributed by atoms with E-state index in [1.165, 1.54) is 25.7 Å². The molecule has 1 saturated heterocycles. The van der Waals surface area contributed by atoms with E-state index in [4.69, 9.17) is 4.98 Å². The van der Waals surface area contributed by atoms with Crippen molar-refractivity contribution in [2.45, 2.75) is 37.6 Å². The molecule has 0 radical (unpaired) electrons. The molecule has 0 aromatic carbocycles. The van der Waals surface area contributed by atoms with E-state index in [1.807, 2.05) is 0 Å². The van der Waals surface area contributed by atoms with Gasteiger partial charge >= 0.3 is 0 Å². The van der Waals surface area contributed by atoms with Gasteiger partial charge < -0.3 is 4.90 Å². The van der Waals surface area contributed by atoms with E-state index in [0.717, 1.165) is 54.2 Å². The number of anilines is 1. The third-order valence-electron chi connectivity index (χ3n) is 4.39. The molecule has 4 nitrogen and oxygen atoms in total. The van der Waals surface area contributed by atoms with Crippen molar-refractivity contribution in [3.8, 4) is 0 Å². The van der Waals surface area contributed by atoms with Crippen LogP contribution in [0.5, 0.6) is 0 Å². The molecule has 3 fully saturated rings. The predicted molar refractivity (Wildman–Crippen MR) is 76.3 cm³/mol. The maximum absolute atomic E-state index is 11.1. The Morgan fingerprint density at radius 3 is 2.42 bits per heavy atom. The van der Waals surface area contributed by atoms with Crippen molar-refractivity contribution in [1.29, 1.82) is 0 Å². The third kappa shape index (κ3) is 2.30. The Balaban J connectivity index is 1.48. The van der Waals surface area contributed by atoms with E-state index in [1.54, 1.807) is 11.3 Å². The lowest BCUT2D eigenvalue weighted by molar-refractivity contribution is 0.112. The Morgan fingerprint density at radius 2 is 1.84 bits per heavy atom. The largest absolute Gasteiger partial charge is 0.346 e. The summed E-state index contributed by atoms with van der Waals surface area (Å²) in [4.78, 5) is 21.7. The number of nitrogens with zero attached hydrogens (tertiary/aromatic N) is 3. The molecular weight excluding hydrogens is 258 g/mol. The normalized spacial score (nSPS) is 24.7. The second kappa shape index (κ2) is 4.56. The molecular formula is C14H19N3OS. The topological polar surface area (TPSA) is 36.4 Å². The van der Waals surface area contributed by atoms with Crippen LogP contribution in [0.3, 0.4) is 0 Å². The number of hydrogen-bond donors (Lipinski definition) is 0. The van der Waals surface area contributed by atoms with Gasteiger partial charge in [0.05, 0.1) is 10.6 Å². The van der Waals surface area contributed by atoms with Gasteiger partial charge in [0.1, 0.15) is 0 Å². The van der Waals surface area contributed by atoms with Gasteiger partial charge in [-0.05, 0) is 25.7 Å². The lowest BCUT2D eigenvalue weighted by atomic mass is 10.3. The molecule has 102 valence electrons. The summed E-state index contributed by atoms with van der Waals surface area (Å²) in [5, 5.41) is 1.07. The van der Waals surface area contributed by atoms with Gasteiger partial charge in [-0.2, -0.15) is 0 Å².